The normalized spacial score (nSPS) is 16.5. The minimum atomic E-state index is 0. The molecule has 0 bridgehead atoms. The third kappa shape index (κ3) is 6.29. The Balaban J connectivity index is 0.000000166. The Morgan fingerprint density at radius 1 is 0.595 bits per heavy atom. The summed E-state index contributed by atoms with van der Waals surface area (Å²) in [6.07, 6.45) is 10.0. The summed E-state index contributed by atoms with van der Waals surface area (Å²) < 4.78 is 0. The molecule has 4 aromatic rings. The van der Waals surface area contributed by atoms with E-state index in [9.17, 15) is 10.2 Å². The van der Waals surface area contributed by atoms with E-state index >= 15 is 0 Å². The number of benzene rings is 4. The monoisotopic (exact) mass is 540 g/mol. The predicted octanol–water partition coefficient (Wildman–Crippen LogP) is 5.31. The molecule has 182 valence electrons. The van der Waals surface area contributed by atoms with Crippen molar-refractivity contribution < 1.29 is 44.3 Å². The van der Waals surface area contributed by atoms with E-state index < -0.39 is 0 Å². The molecule has 0 saturated heterocycles. The summed E-state index contributed by atoms with van der Waals surface area (Å²) in [7, 11) is 0. The Labute approximate surface area is 239 Å². The largest absolute Gasteiger partial charge is 4.00 e. The van der Waals surface area contributed by atoms with Crippen molar-refractivity contribution >= 4 is 11.4 Å². The summed E-state index contributed by atoms with van der Waals surface area (Å²) in [5.41, 5.74) is 6.22. The predicted molar refractivity (Wildman–Crippen MR) is 140 cm³/mol. The van der Waals surface area contributed by atoms with Crippen LogP contribution in [0.2, 0.25) is 0 Å². The van der Waals surface area contributed by atoms with Gasteiger partial charge in [-0.25, -0.2) is 12.2 Å². The number of phenols is 2. The van der Waals surface area contributed by atoms with Gasteiger partial charge in [-0.1, -0.05) is 108 Å². The minimum absolute atomic E-state index is 0. The van der Waals surface area contributed by atoms with Gasteiger partial charge < -0.3 is 33.3 Å². The van der Waals surface area contributed by atoms with Crippen LogP contribution in [0, 0.1) is 6.08 Å². The first-order chi connectivity index (χ1) is 17.2. The van der Waals surface area contributed by atoms with Crippen molar-refractivity contribution in [2.75, 3.05) is 0 Å². The zero-order chi connectivity index (χ0) is 24.0. The van der Waals surface area contributed by atoms with Gasteiger partial charge in [0.05, 0.1) is 0 Å². The first-order valence-corrected chi connectivity index (χ1v) is 11.6. The number of phenolic OH excluding ortho intramolecular Hbond substituents is 2. The Hall–Kier alpha value is -3.44. The average Bonchev–Trinajstić information content (AvgIpc) is 3.44. The van der Waals surface area contributed by atoms with Crippen molar-refractivity contribution in [1.82, 2.24) is 0 Å². The van der Waals surface area contributed by atoms with Crippen molar-refractivity contribution in [1.29, 1.82) is 0 Å². The number of fused-ring (bicyclic) bond motifs is 2. The molecule has 6 heteroatoms. The maximum absolute atomic E-state index is 9.71. The third-order valence-corrected chi connectivity index (χ3v) is 6.05. The minimum Gasteiger partial charge on any atom is -1.00 e. The second-order valence-electron chi connectivity index (χ2n) is 8.30. The summed E-state index contributed by atoms with van der Waals surface area (Å²) in [5, 5.41) is 28.3. The molecule has 4 aromatic carbocycles. The van der Waals surface area contributed by atoms with Gasteiger partial charge in [0.15, 0.2) is 0 Å². The third-order valence-electron chi connectivity index (χ3n) is 6.05. The van der Waals surface area contributed by atoms with Gasteiger partial charge in [-0.05, 0) is 23.3 Å². The Morgan fingerprint density at radius 3 is 1.32 bits per heavy atom. The number of aromatic hydroxyl groups is 2. The number of rotatable bonds is 2. The fraction of sp³-hybridized carbons (Fsp3) is 0.0968. The van der Waals surface area contributed by atoms with Gasteiger partial charge in [0.1, 0.15) is 11.5 Å². The van der Waals surface area contributed by atoms with Crippen LogP contribution in [0.3, 0.4) is 0 Å². The zero-order valence-corrected chi connectivity index (χ0v) is 22.3. The van der Waals surface area contributed by atoms with Crippen molar-refractivity contribution in [3.8, 4) is 11.5 Å². The topological polar surface area (TPSA) is 68.7 Å². The molecule has 7 rings (SSSR count). The summed E-state index contributed by atoms with van der Waals surface area (Å²) in [6, 6.07) is 30.8. The molecule has 0 saturated carbocycles. The number of nitrogens with zero attached hydrogens (tertiary/aromatic N) is 2. The van der Waals surface area contributed by atoms with Gasteiger partial charge in [-0.2, -0.15) is 6.08 Å². The summed E-state index contributed by atoms with van der Waals surface area (Å²) >= 11 is 0. The molecule has 2 atom stereocenters. The molecule has 2 unspecified atom stereocenters. The van der Waals surface area contributed by atoms with Crippen LogP contribution < -0.4 is 12.4 Å². The fourth-order valence-corrected chi connectivity index (χ4v) is 4.21. The van der Waals surface area contributed by atoms with Gasteiger partial charge in [0, 0.05) is 0 Å². The maximum atomic E-state index is 9.71. The van der Waals surface area contributed by atoms with E-state index in [0.717, 1.165) is 28.9 Å². The standard InChI is InChI=1S/2C13H10NO.C5H5.ClH.Ti/c2*15-12-8-4-2-6-10(12)13-9-5-1-3-7-11(9)14-13;1-2-4-5-3-1;;/h2*1-8,13,15H;1-3H,4H2;1H;/q3*-1;;+4/p-1. The molecular weight excluding hydrogens is 516 g/mol. The molecule has 4 nitrogen and oxygen atoms in total. The van der Waals surface area contributed by atoms with E-state index in [1.54, 1.807) is 12.1 Å². The number of hydrogen-bond acceptors (Lipinski definition) is 2. The van der Waals surface area contributed by atoms with Crippen LogP contribution in [0.25, 0.3) is 10.6 Å². The number of allylic oxidation sites excluding steroid dienone is 4. The van der Waals surface area contributed by atoms with Crippen LogP contribution in [-0.4, -0.2) is 10.2 Å². The summed E-state index contributed by atoms with van der Waals surface area (Å²) in [4.78, 5) is 0. The molecule has 3 aliphatic rings. The van der Waals surface area contributed by atoms with Crippen LogP contribution in [0.15, 0.2) is 115 Å². The molecule has 0 radical (unpaired) electrons. The Kier molecular flexibility index (Phi) is 10.0. The smallest absolute Gasteiger partial charge is 1.00 e. The van der Waals surface area contributed by atoms with Crippen LogP contribution in [0.4, 0.5) is 11.4 Å². The van der Waals surface area contributed by atoms with E-state index in [2.05, 4.69) is 34.9 Å². The Bertz CT molecular complexity index is 1280. The SMILES string of the molecule is Oc1ccccc1C1[N-]c2ccccc21.Oc1ccccc1C1[N-]c2ccccc21.[C-]1=CC=CC1.[Cl-].[Ti+4]. The number of halogens is 1. The number of hydrogen-bond donors (Lipinski definition) is 2. The molecule has 0 spiro atoms. The van der Waals surface area contributed by atoms with Gasteiger partial charge >= 0.3 is 21.7 Å². The second kappa shape index (κ2) is 13.2. The van der Waals surface area contributed by atoms with E-state index in [1.807, 2.05) is 84.9 Å². The molecular formula is C31H25ClN2O2Ti. The van der Waals surface area contributed by atoms with Gasteiger partial charge in [-0.15, -0.1) is 17.8 Å². The van der Waals surface area contributed by atoms with Crippen molar-refractivity contribution in [3.63, 3.8) is 0 Å². The second-order valence-corrected chi connectivity index (χ2v) is 8.30. The van der Waals surface area contributed by atoms with Crippen molar-refractivity contribution in [3.05, 3.63) is 154 Å². The van der Waals surface area contributed by atoms with Gasteiger partial charge in [-0.3, -0.25) is 6.08 Å². The van der Waals surface area contributed by atoms with Crippen LogP contribution in [0.5, 0.6) is 11.5 Å². The van der Waals surface area contributed by atoms with Crippen LogP contribution in [0.1, 0.15) is 40.8 Å². The van der Waals surface area contributed by atoms with Gasteiger partial charge in [0.2, 0.25) is 0 Å². The fourth-order valence-electron chi connectivity index (χ4n) is 4.21. The van der Waals surface area contributed by atoms with Crippen molar-refractivity contribution in [2.24, 2.45) is 0 Å². The molecule has 0 aromatic heterocycles. The van der Waals surface area contributed by atoms with Crippen LogP contribution >= 0.6 is 0 Å². The Morgan fingerprint density at radius 2 is 1.00 bits per heavy atom. The average molecular weight is 541 g/mol. The molecule has 2 N–H and O–H groups in total. The first kappa shape index (κ1) is 28.1. The molecule has 1 aliphatic carbocycles. The van der Waals surface area contributed by atoms with E-state index in [0.29, 0.717) is 11.5 Å². The van der Waals surface area contributed by atoms with Gasteiger partial charge in [0.25, 0.3) is 0 Å². The quantitative estimate of drug-likeness (QED) is 0.267. The molecule has 0 amide bonds. The molecule has 2 heterocycles. The maximum Gasteiger partial charge on any atom is 4.00 e. The van der Waals surface area contributed by atoms with Crippen molar-refractivity contribution in [2.45, 2.75) is 18.5 Å². The number of para-hydroxylation sites is 4. The molecule has 37 heavy (non-hydrogen) atoms. The van der Waals surface area contributed by atoms with E-state index in [-0.39, 0.29) is 46.2 Å². The summed E-state index contributed by atoms with van der Waals surface area (Å²) in [5.74, 6) is 0.640. The van der Waals surface area contributed by atoms with Crippen LogP contribution in [-0.2, 0) is 21.7 Å². The van der Waals surface area contributed by atoms with E-state index in [1.165, 1.54) is 11.1 Å². The zero-order valence-electron chi connectivity index (χ0n) is 20.0. The first-order valence-electron chi connectivity index (χ1n) is 11.6. The summed E-state index contributed by atoms with van der Waals surface area (Å²) in [6.45, 7) is 0. The van der Waals surface area contributed by atoms with E-state index in [4.69, 9.17) is 0 Å². The molecule has 0 fully saturated rings. The molecule has 2 aliphatic heterocycles.